The molecule has 5 nitrogen and oxygen atoms in total. The molecule has 5 rings (SSSR count). The second kappa shape index (κ2) is 8.56. The highest BCUT2D eigenvalue weighted by Gasteiger charge is 2.24. The van der Waals surface area contributed by atoms with E-state index in [1.54, 1.807) is 4.57 Å². The number of rotatable bonds is 5. The quantitative estimate of drug-likeness (QED) is 0.337. The maximum absolute atomic E-state index is 13.3. The van der Waals surface area contributed by atoms with Gasteiger partial charge in [-0.05, 0) is 60.9 Å². The van der Waals surface area contributed by atoms with Crippen LogP contribution in [0.25, 0.3) is 15.9 Å². The Bertz CT molecular complexity index is 1390. The number of nitrogens with one attached hydrogen (secondary N) is 1. The van der Waals surface area contributed by atoms with Gasteiger partial charge in [0, 0.05) is 0 Å². The monoisotopic (exact) mass is 461 g/mol. The predicted molar refractivity (Wildman–Crippen MR) is 131 cm³/mol. The minimum atomic E-state index is -0.0930. The lowest BCUT2D eigenvalue weighted by molar-refractivity contribution is -0.119. The van der Waals surface area contributed by atoms with Crippen LogP contribution in [0.15, 0.2) is 63.9 Å². The third-order valence-corrected chi connectivity index (χ3v) is 7.67. The third kappa shape index (κ3) is 3.87. The summed E-state index contributed by atoms with van der Waals surface area (Å²) in [4.78, 5) is 30.9. The highest BCUT2D eigenvalue weighted by Crippen LogP contribution is 2.31. The molecule has 1 amide bonds. The summed E-state index contributed by atoms with van der Waals surface area (Å²) in [5.74, 6) is 0.148. The summed E-state index contributed by atoms with van der Waals surface area (Å²) in [7, 11) is 0. The number of hydrogen-bond acceptors (Lipinski definition) is 5. The molecule has 1 aliphatic carbocycles. The van der Waals surface area contributed by atoms with Gasteiger partial charge in [-0.3, -0.25) is 14.2 Å². The van der Waals surface area contributed by atoms with E-state index >= 15 is 0 Å². The zero-order valence-electron chi connectivity index (χ0n) is 17.9. The van der Waals surface area contributed by atoms with E-state index in [-0.39, 0.29) is 23.3 Å². The smallest absolute Gasteiger partial charge is 0.276 e. The summed E-state index contributed by atoms with van der Waals surface area (Å²) < 4.78 is 2.28. The van der Waals surface area contributed by atoms with Gasteiger partial charge in [-0.1, -0.05) is 53.7 Å². The Morgan fingerprint density at radius 1 is 1.22 bits per heavy atom. The first-order valence-corrected chi connectivity index (χ1v) is 12.5. The van der Waals surface area contributed by atoms with Crippen LogP contribution in [0.4, 0.5) is 0 Å². The van der Waals surface area contributed by atoms with Crippen molar-refractivity contribution in [3.05, 3.63) is 86.5 Å². The third-order valence-electron chi connectivity index (χ3n) is 5.84. The average Bonchev–Trinajstić information content (AvgIpc) is 3.41. The molecule has 0 saturated heterocycles. The maximum Gasteiger partial charge on any atom is 0.276 e. The molecule has 0 unspecified atom stereocenters. The van der Waals surface area contributed by atoms with Crippen LogP contribution in [-0.4, -0.2) is 21.2 Å². The fourth-order valence-electron chi connectivity index (χ4n) is 4.33. The second-order valence-electron chi connectivity index (χ2n) is 8.11. The molecule has 2 heterocycles. The lowest BCUT2D eigenvalue weighted by Crippen LogP contribution is -2.29. The number of amides is 1. The molecular weight excluding hydrogens is 438 g/mol. The fourth-order valence-corrected chi connectivity index (χ4v) is 5.91. The summed E-state index contributed by atoms with van der Waals surface area (Å²) in [6.07, 6.45) is 1.90. The highest BCUT2D eigenvalue weighted by molar-refractivity contribution is 7.99. The van der Waals surface area contributed by atoms with Crippen molar-refractivity contribution in [1.29, 1.82) is 0 Å². The van der Waals surface area contributed by atoms with Gasteiger partial charge < -0.3 is 5.32 Å². The lowest BCUT2D eigenvalue weighted by Gasteiger charge is -2.16. The zero-order chi connectivity index (χ0) is 22.2. The topological polar surface area (TPSA) is 64.0 Å². The Kier molecular flexibility index (Phi) is 5.61. The van der Waals surface area contributed by atoms with Crippen LogP contribution in [0.5, 0.6) is 0 Å². The van der Waals surface area contributed by atoms with Crippen LogP contribution in [0.3, 0.4) is 0 Å². The van der Waals surface area contributed by atoms with Crippen LogP contribution < -0.4 is 10.9 Å². The van der Waals surface area contributed by atoms with Crippen LogP contribution in [0, 0.1) is 13.8 Å². The first-order valence-electron chi connectivity index (χ1n) is 10.6. The molecule has 4 aromatic rings. The summed E-state index contributed by atoms with van der Waals surface area (Å²) in [6, 6.07) is 16.2. The van der Waals surface area contributed by atoms with Crippen molar-refractivity contribution in [1.82, 2.24) is 14.9 Å². The van der Waals surface area contributed by atoms with Crippen LogP contribution >= 0.6 is 23.1 Å². The fraction of sp³-hybridized carbons (Fsp3) is 0.240. The number of benzene rings is 2. The summed E-state index contributed by atoms with van der Waals surface area (Å²) >= 11 is 2.70. The molecule has 162 valence electrons. The molecule has 0 radical (unpaired) electrons. The Balaban J connectivity index is 1.43. The van der Waals surface area contributed by atoms with E-state index in [4.69, 9.17) is 4.98 Å². The first kappa shape index (κ1) is 21.0. The highest BCUT2D eigenvalue weighted by atomic mass is 32.2. The van der Waals surface area contributed by atoms with Crippen molar-refractivity contribution in [2.45, 2.75) is 37.9 Å². The molecule has 0 aliphatic heterocycles. The van der Waals surface area contributed by atoms with Crippen molar-refractivity contribution >= 4 is 39.2 Å². The van der Waals surface area contributed by atoms with E-state index in [1.165, 1.54) is 34.2 Å². The van der Waals surface area contributed by atoms with E-state index in [0.29, 0.717) is 15.4 Å². The van der Waals surface area contributed by atoms with Gasteiger partial charge in [0.05, 0.1) is 23.0 Å². The molecule has 32 heavy (non-hydrogen) atoms. The minimum absolute atomic E-state index is 0.0492. The Morgan fingerprint density at radius 2 is 2.06 bits per heavy atom. The number of aryl methyl sites for hydroxylation is 3. The average molecular weight is 462 g/mol. The standard InChI is InChI=1S/C25H23N3O2S2/c1-15-7-10-21(16(2)13-15)28-24(30)23-20(11-12-31-23)27-25(28)32-14-22(29)26-19-9-8-17-5-3-4-6-18(17)19/h3-7,10-13,19H,8-9,14H2,1-2H3,(H,26,29)/t19-/m0/s1. The maximum atomic E-state index is 13.3. The van der Waals surface area contributed by atoms with E-state index in [0.717, 1.165) is 29.7 Å². The van der Waals surface area contributed by atoms with Gasteiger partial charge >= 0.3 is 0 Å². The van der Waals surface area contributed by atoms with Gasteiger partial charge in [0.2, 0.25) is 5.91 Å². The zero-order valence-corrected chi connectivity index (χ0v) is 19.6. The molecule has 7 heteroatoms. The Labute approximate surface area is 194 Å². The number of hydrogen-bond donors (Lipinski definition) is 1. The number of thioether (sulfide) groups is 1. The van der Waals surface area contributed by atoms with Crippen molar-refractivity contribution in [3.8, 4) is 5.69 Å². The normalized spacial score (nSPS) is 15.1. The molecule has 0 spiro atoms. The SMILES string of the molecule is Cc1ccc(-n2c(SCC(=O)N[C@H]3CCc4ccccc43)nc3ccsc3c2=O)c(C)c1. The molecule has 1 N–H and O–H groups in total. The number of thiophene rings is 1. The first-order chi connectivity index (χ1) is 15.5. The van der Waals surface area contributed by atoms with Gasteiger partial charge in [0.15, 0.2) is 5.16 Å². The molecule has 2 aromatic heterocycles. The molecule has 0 bridgehead atoms. The number of fused-ring (bicyclic) bond motifs is 2. The Hall–Kier alpha value is -2.90. The van der Waals surface area contributed by atoms with Crippen LogP contribution in [-0.2, 0) is 11.2 Å². The van der Waals surface area contributed by atoms with E-state index in [2.05, 4.69) is 23.5 Å². The van der Waals surface area contributed by atoms with Crippen molar-refractivity contribution in [3.63, 3.8) is 0 Å². The molecule has 1 aliphatic rings. The summed E-state index contributed by atoms with van der Waals surface area (Å²) in [6.45, 7) is 4.02. The number of aromatic nitrogens is 2. The van der Waals surface area contributed by atoms with Gasteiger partial charge in [0.25, 0.3) is 5.56 Å². The molecule has 1 atom stereocenters. The van der Waals surface area contributed by atoms with Crippen molar-refractivity contribution in [2.24, 2.45) is 0 Å². The van der Waals surface area contributed by atoms with Crippen LogP contribution in [0.2, 0.25) is 0 Å². The number of nitrogens with zero attached hydrogens (tertiary/aromatic N) is 2. The van der Waals surface area contributed by atoms with Gasteiger partial charge in [-0.25, -0.2) is 4.98 Å². The van der Waals surface area contributed by atoms with Gasteiger partial charge in [-0.15, -0.1) is 11.3 Å². The van der Waals surface area contributed by atoms with E-state index < -0.39 is 0 Å². The number of carbonyl (C=O) groups excluding carboxylic acids is 1. The minimum Gasteiger partial charge on any atom is -0.349 e. The van der Waals surface area contributed by atoms with Gasteiger partial charge in [0.1, 0.15) is 4.70 Å². The summed E-state index contributed by atoms with van der Waals surface area (Å²) in [5.41, 5.74) is 6.03. The van der Waals surface area contributed by atoms with Gasteiger partial charge in [-0.2, -0.15) is 0 Å². The van der Waals surface area contributed by atoms with Crippen LogP contribution in [0.1, 0.15) is 34.7 Å². The predicted octanol–water partition coefficient (Wildman–Crippen LogP) is 4.96. The number of carbonyl (C=O) groups is 1. The van der Waals surface area contributed by atoms with Crippen molar-refractivity contribution in [2.75, 3.05) is 5.75 Å². The van der Waals surface area contributed by atoms with E-state index in [1.807, 2.05) is 49.6 Å². The largest absolute Gasteiger partial charge is 0.349 e. The Morgan fingerprint density at radius 3 is 2.91 bits per heavy atom. The summed E-state index contributed by atoms with van der Waals surface area (Å²) in [5, 5.41) is 5.57. The van der Waals surface area contributed by atoms with Crippen molar-refractivity contribution < 1.29 is 4.79 Å². The lowest BCUT2D eigenvalue weighted by atomic mass is 10.1. The molecule has 0 saturated carbocycles. The molecule has 0 fully saturated rings. The molecular formula is C25H23N3O2S2. The second-order valence-corrected chi connectivity index (χ2v) is 9.96. The molecule has 2 aromatic carbocycles. The van der Waals surface area contributed by atoms with E-state index in [9.17, 15) is 9.59 Å².